The molecule has 2 rings (SSSR count). The van der Waals surface area contributed by atoms with Crippen molar-refractivity contribution in [3.63, 3.8) is 0 Å². The number of rotatable bonds is 3. The molecule has 4 heteroatoms. The number of aliphatic hydroxyl groups excluding tert-OH is 1. The second-order valence-electron chi connectivity index (χ2n) is 4.38. The zero-order valence-corrected chi connectivity index (χ0v) is 8.55. The second-order valence-corrected chi connectivity index (χ2v) is 4.38. The highest BCUT2D eigenvalue weighted by Crippen LogP contribution is 2.44. The highest BCUT2D eigenvalue weighted by Gasteiger charge is 2.41. The predicted molar refractivity (Wildman–Crippen MR) is 56.3 cm³/mol. The quantitative estimate of drug-likeness (QED) is 0.601. The third kappa shape index (κ3) is 2.38. The first kappa shape index (κ1) is 9.77. The monoisotopic (exact) mass is 197 g/mol. The fraction of sp³-hybridized carbons (Fsp3) is 0.900. The van der Waals surface area contributed by atoms with E-state index in [1.165, 1.54) is 12.8 Å². The first-order chi connectivity index (χ1) is 6.85. The van der Waals surface area contributed by atoms with E-state index in [2.05, 4.69) is 15.6 Å². The van der Waals surface area contributed by atoms with Gasteiger partial charge in [-0.2, -0.15) is 0 Å². The van der Waals surface area contributed by atoms with Crippen LogP contribution in [0.5, 0.6) is 0 Å². The molecule has 0 bridgehead atoms. The highest BCUT2D eigenvalue weighted by atomic mass is 16.3. The Hall–Kier alpha value is -0.770. The molecule has 0 aromatic rings. The summed E-state index contributed by atoms with van der Waals surface area (Å²) in [6, 6.07) is 0. The van der Waals surface area contributed by atoms with Crippen LogP contribution in [-0.4, -0.2) is 37.3 Å². The molecule has 3 N–H and O–H groups in total. The van der Waals surface area contributed by atoms with E-state index in [0.717, 1.165) is 38.4 Å². The SMILES string of the molecule is OCC1(CNC2=NCCCCN2)CC1. The van der Waals surface area contributed by atoms with Crippen LogP contribution in [0.3, 0.4) is 0 Å². The van der Waals surface area contributed by atoms with Crippen molar-refractivity contribution in [3.8, 4) is 0 Å². The lowest BCUT2D eigenvalue weighted by Crippen LogP contribution is -2.40. The van der Waals surface area contributed by atoms with E-state index in [-0.39, 0.29) is 5.41 Å². The number of hydrogen-bond donors (Lipinski definition) is 3. The molecular weight excluding hydrogens is 178 g/mol. The van der Waals surface area contributed by atoms with Gasteiger partial charge in [0.2, 0.25) is 0 Å². The Balaban J connectivity index is 1.76. The normalized spacial score (nSPS) is 24.5. The van der Waals surface area contributed by atoms with Crippen LogP contribution in [0.4, 0.5) is 0 Å². The maximum absolute atomic E-state index is 9.14. The van der Waals surface area contributed by atoms with Crippen LogP contribution in [0.1, 0.15) is 25.7 Å². The van der Waals surface area contributed by atoms with Gasteiger partial charge in [0.25, 0.3) is 0 Å². The molecule has 14 heavy (non-hydrogen) atoms. The second kappa shape index (κ2) is 4.17. The molecule has 0 aromatic heterocycles. The Bertz CT molecular complexity index is 223. The molecule has 2 aliphatic rings. The molecule has 0 aromatic carbocycles. The number of aliphatic imine (C=N–C) groups is 1. The molecule has 0 amide bonds. The molecule has 0 saturated heterocycles. The number of hydrogen-bond acceptors (Lipinski definition) is 4. The Morgan fingerprint density at radius 3 is 3.00 bits per heavy atom. The number of nitrogens with one attached hydrogen (secondary N) is 2. The van der Waals surface area contributed by atoms with Crippen molar-refractivity contribution < 1.29 is 5.11 Å². The lowest BCUT2D eigenvalue weighted by Gasteiger charge is -2.15. The summed E-state index contributed by atoms with van der Waals surface area (Å²) in [6.07, 6.45) is 4.65. The summed E-state index contributed by atoms with van der Waals surface area (Å²) in [7, 11) is 0. The van der Waals surface area contributed by atoms with E-state index in [1.807, 2.05) is 0 Å². The van der Waals surface area contributed by atoms with Gasteiger partial charge in [-0.25, -0.2) is 0 Å². The van der Waals surface area contributed by atoms with Gasteiger partial charge in [0.15, 0.2) is 5.96 Å². The summed E-state index contributed by atoms with van der Waals surface area (Å²) in [6.45, 7) is 3.09. The van der Waals surface area contributed by atoms with Gasteiger partial charge < -0.3 is 15.7 Å². The minimum atomic E-state index is 0.163. The van der Waals surface area contributed by atoms with Gasteiger partial charge in [0.1, 0.15) is 0 Å². The largest absolute Gasteiger partial charge is 0.396 e. The molecule has 1 aliphatic carbocycles. The van der Waals surface area contributed by atoms with Crippen molar-refractivity contribution >= 4 is 5.96 Å². The van der Waals surface area contributed by atoms with Crippen molar-refractivity contribution in [1.82, 2.24) is 10.6 Å². The zero-order chi connectivity index (χ0) is 9.86. The van der Waals surface area contributed by atoms with Crippen LogP contribution in [-0.2, 0) is 0 Å². The average Bonchev–Trinajstić information content (AvgIpc) is 3.01. The van der Waals surface area contributed by atoms with Gasteiger partial charge in [0, 0.05) is 25.0 Å². The van der Waals surface area contributed by atoms with Crippen LogP contribution in [0.2, 0.25) is 0 Å². The minimum Gasteiger partial charge on any atom is -0.396 e. The Morgan fingerprint density at radius 1 is 1.43 bits per heavy atom. The van der Waals surface area contributed by atoms with Crippen LogP contribution in [0, 0.1) is 5.41 Å². The van der Waals surface area contributed by atoms with Gasteiger partial charge in [0.05, 0.1) is 6.61 Å². The molecule has 4 nitrogen and oxygen atoms in total. The predicted octanol–water partition coefficient (Wildman–Crippen LogP) is 0.0879. The van der Waals surface area contributed by atoms with Crippen molar-refractivity contribution in [2.45, 2.75) is 25.7 Å². The molecular formula is C10H19N3O. The van der Waals surface area contributed by atoms with E-state index in [4.69, 9.17) is 5.11 Å². The molecule has 1 aliphatic heterocycles. The van der Waals surface area contributed by atoms with Crippen molar-refractivity contribution in [2.24, 2.45) is 10.4 Å². The average molecular weight is 197 g/mol. The smallest absolute Gasteiger partial charge is 0.191 e. The standard InChI is InChI=1S/C10H19N3O/c14-8-10(3-4-10)7-13-9-11-5-1-2-6-12-9/h14H,1-8H2,(H2,11,12,13). The van der Waals surface area contributed by atoms with Gasteiger partial charge >= 0.3 is 0 Å². The van der Waals surface area contributed by atoms with Crippen LogP contribution in [0.15, 0.2) is 4.99 Å². The lowest BCUT2D eigenvalue weighted by molar-refractivity contribution is 0.212. The fourth-order valence-corrected chi connectivity index (χ4v) is 1.65. The molecule has 0 spiro atoms. The van der Waals surface area contributed by atoms with Gasteiger partial charge in [-0.05, 0) is 25.7 Å². The van der Waals surface area contributed by atoms with Crippen molar-refractivity contribution in [1.29, 1.82) is 0 Å². The number of aliphatic hydroxyl groups is 1. The molecule has 0 radical (unpaired) electrons. The summed E-state index contributed by atoms with van der Waals surface area (Å²) < 4.78 is 0. The van der Waals surface area contributed by atoms with Crippen LogP contribution < -0.4 is 10.6 Å². The molecule has 1 saturated carbocycles. The maximum atomic E-state index is 9.14. The minimum absolute atomic E-state index is 0.163. The summed E-state index contributed by atoms with van der Waals surface area (Å²) in [5.41, 5.74) is 0.163. The van der Waals surface area contributed by atoms with E-state index in [9.17, 15) is 0 Å². The third-order valence-electron chi connectivity index (χ3n) is 3.07. The Morgan fingerprint density at radius 2 is 2.29 bits per heavy atom. The molecule has 0 atom stereocenters. The fourth-order valence-electron chi connectivity index (χ4n) is 1.65. The Kier molecular flexibility index (Phi) is 2.91. The van der Waals surface area contributed by atoms with Gasteiger partial charge in [-0.15, -0.1) is 0 Å². The molecule has 1 heterocycles. The third-order valence-corrected chi connectivity index (χ3v) is 3.07. The zero-order valence-electron chi connectivity index (χ0n) is 8.55. The highest BCUT2D eigenvalue weighted by molar-refractivity contribution is 5.80. The van der Waals surface area contributed by atoms with Crippen molar-refractivity contribution in [3.05, 3.63) is 0 Å². The lowest BCUT2D eigenvalue weighted by atomic mass is 10.1. The summed E-state index contributed by atoms with van der Waals surface area (Å²) in [5.74, 6) is 0.919. The summed E-state index contributed by atoms with van der Waals surface area (Å²) in [4.78, 5) is 4.40. The maximum Gasteiger partial charge on any atom is 0.191 e. The van der Waals surface area contributed by atoms with Crippen LogP contribution >= 0.6 is 0 Å². The van der Waals surface area contributed by atoms with Crippen LogP contribution in [0.25, 0.3) is 0 Å². The first-order valence-corrected chi connectivity index (χ1v) is 5.48. The van der Waals surface area contributed by atoms with Crippen molar-refractivity contribution in [2.75, 3.05) is 26.2 Å². The Labute approximate surface area is 84.8 Å². The van der Waals surface area contributed by atoms with E-state index < -0.39 is 0 Å². The van der Waals surface area contributed by atoms with Gasteiger partial charge in [-0.3, -0.25) is 4.99 Å². The number of guanidine groups is 1. The van der Waals surface area contributed by atoms with Gasteiger partial charge in [-0.1, -0.05) is 0 Å². The number of nitrogens with zero attached hydrogens (tertiary/aromatic N) is 1. The first-order valence-electron chi connectivity index (χ1n) is 5.48. The van der Waals surface area contributed by atoms with E-state index >= 15 is 0 Å². The summed E-state index contributed by atoms with van der Waals surface area (Å²) >= 11 is 0. The molecule has 0 unspecified atom stereocenters. The summed E-state index contributed by atoms with van der Waals surface area (Å²) in [5, 5.41) is 15.7. The van der Waals surface area contributed by atoms with E-state index in [1.54, 1.807) is 0 Å². The molecule has 1 fully saturated rings. The molecule has 80 valence electrons. The van der Waals surface area contributed by atoms with E-state index in [0.29, 0.717) is 6.61 Å². The topological polar surface area (TPSA) is 56.6 Å².